The molecule has 1 aliphatic rings. The molecule has 1 N–H and O–H groups in total. The predicted molar refractivity (Wildman–Crippen MR) is 91.4 cm³/mol. The van der Waals surface area contributed by atoms with Crippen molar-refractivity contribution in [3.63, 3.8) is 0 Å². The molecule has 0 aromatic heterocycles. The third-order valence-corrected chi connectivity index (χ3v) is 3.88. The molecule has 1 aliphatic heterocycles. The number of amides is 3. The summed E-state index contributed by atoms with van der Waals surface area (Å²) in [6, 6.07) is 16.0. The Bertz CT molecular complexity index is 754. The van der Waals surface area contributed by atoms with Gasteiger partial charge in [0, 0.05) is 13.0 Å². The van der Waals surface area contributed by atoms with Crippen LogP contribution in [0.5, 0.6) is 5.75 Å². The summed E-state index contributed by atoms with van der Waals surface area (Å²) < 4.78 is 5.48. The third-order valence-electron chi connectivity index (χ3n) is 3.88. The summed E-state index contributed by atoms with van der Waals surface area (Å²) in [5.41, 5.74) is 0.785. The summed E-state index contributed by atoms with van der Waals surface area (Å²) in [6.45, 7) is 0.774. The molecule has 6 nitrogen and oxygen atoms in total. The number of fused-ring (bicyclic) bond motifs is 1. The molecule has 0 saturated heterocycles. The van der Waals surface area contributed by atoms with E-state index in [1.165, 1.54) is 0 Å². The molecule has 0 saturated carbocycles. The second-order valence-corrected chi connectivity index (χ2v) is 5.57. The minimum atomic E-state index is -0.346. The van der Waals surface area contributed by atoms with Gasteiger partial charge >= 0.3 is 0 Å². The summed E-state index contributed by atoms with van der Waals surface area (Å²) in [7, 11) is 0. The molecule has 0 bridgehead atoms. The van der Waals surface area contributed by atoms with Gasteiger partial charge in [0.15, 0.2) is 0 Å². The van der Waals surface area contributed by atoms with Gasteiger partial charge in [0.25, 0.3) is 11.8 Å². The van der Waals surface area contributed by atoms with Crippen LogP contribution in [0, 0.1) is 0 Å². The summed E-state index contributed by atoms with van der Waals surface area (Å²) in [4.78, 5) is 37.4. The van der Waals surface area contributed by atoms with Crippen LogP contribution in [0.15, 0.2) is 54.6 Å². The highest BCUT2D eigenvalue weighted by atomic mass is 16.5. The zero-order valence-electron chi connectivity index (χ0n) is 13.6. The van der Waals surface area contributed by atoms with Gasteiger partial charge in [0.2, 0.25) is 5.91 Å². The highest BCUT2D eigenvalue weighted by molar-refractivity contribution is 6.21. The van der Waals surface area contributed by atoms with Crippen LogP contribution in [0.1, 0.15) is 27.1 Å². The number of imide groups is 1. The van der Waals surface area contributed by atoms with Gasteiger partial charge in [-0.15, -0.1) is 0 Å². The Morgan fingerprint density at radius 2 is 1.52 bits per heavy atom. The Hall–Kier alpha value is -3.15. The molecule has 0 spiro atoms. The molecule has 0 atom stereocenters. The minimum Gasteiger partial charge on any atom is -0.492 e. The average Bonchev–Trinajstić information content (AvgIpc) is 2.89. The maximum absolute atomic E-state index is 12.2. The van der Waals surface area contributed by atoms with Gasteiger partial charge in [-0.1, -0.05) is 30.3 Å². The molecule has 0 aliphatic carbocycles. The number of nitrogens with zero attached hydrogens (tertiary/aromatic N) is 1. The first-order valence-corrected chi connectivity index (χ1v) is 8.06. The van der Waals surface area contributed by atoms with Gasteiger partial charge in [0.1, 0.15) is 12.4 Å². The number of carbonyl (C=O) groups is 3. The molecule has 128 valence electrons. The zero-order valence-corrected chi connectivity index (χ0v) is 13.6. The maximum Gasteiger partial charge on any atom is 0.261 e. The second kappa shape index (κ2) is 7.61. The highest BCUT2D eigenvalue weighted by Crippen LogP contribution is 2.22. The van der Waals surface area contributed by atoms with Gasteiger partial charge in [-0.3, -0.25) is 19.3 Å². The number of hydrogen-bond acceptors (Lipinski definition) is 4. The molecular formula is C19H18N2O4. The first kappa shape index (κ1) is 16.7. The van der Waals surface area contributed by atoms with E-state index in [1.807, 2.05) is 30.3 Å². The van der Waals surface area contributed by atoms with Crippen molar-refractivity contribution in [1.82, 2.24) is 10.2 Å². The smallest absolute Gasteiger partial charge is 0.261 e. The van der Waals surface area contributed by atoms with Crippen LogP contribution in [0.3, 0.4) is 0 Å². The van der Waals surface area contributed by atoms with Crippen molar-refractivity contribution in [2.75, 3.05) is 19.7 Å². The Labute approximate surface area is 145 Å². The van der Waals surface area contributed by atoms with Crippen LogP contribution in [-0.4, -0.2) is 42.3 Å². The van der Waals surface area contributed by atoms with Crippen molar-refractivity contribution in [1.29, 1.82) is 0 Å². The Morgan fingerprint density at radius 3 is 2.16 bits per heavy atom. The molecule has 0 fully saturated rings. The summed E-state index contributed by atoms with van der Waals surface area (Å²) in [5, 5.41) is 2.71. The lowest BCUT2D eigenvalue weighted by Crippen LogP contribution is -2.35. The van der Waals surface area contributed by atoms with E-state index >= 15 is 0 Å². The summed E-state index contributed by atoms with van der Waals surface area (Å²) >= 11 is 0. The first-order valence-electron chi connectivity index (χ1n) is 8.06. The molecule has 0 radical (unpaired) electrons. The molecule has 1 heterocycles. The topological polar surface area (TPSA) is 75.7 Å². The first-order chi connectivity index (χ1) is 12.2. The Balaban J connectivity index is 1.41. The molecule has 25 heavy (non-hydrogen) atoms. The number of ether oxygens (including phenoxy) is 1. The second-order valence-electron chi connectivity index (χ2n) is 5.57. The summed E-state index contributed by atoms with van der Waals surface area (Å²) in [6.07, 6.45) is 0.0663. The van der Waals surface area contributed by atoms with Crippen LogP contribution in [0.25, 0.3) is 0 Å². The number of benzene rings is 2. The van der Waals surface area contributed by atoms with E-state index in [2.05, 4.69) is 5.32 Å². The average molecular weight is 338 g/mol. The molecule has 0 unspecified atom stereocenters. The van der Waals surface area contributed by atoms with Crippen molar-refractivity contribution in [3.8, 4) is 5.75 Å². The molecular weight excluding hydrogens is 320 g/mol. The van der Waals surface area contributed by atoms with E-state index in [9.17, 15) is 14.4 Å². The van der Waals surface area contributed by atoms with Crippen molar-refractivity contribution in [2.24, 2.45) is 0 Å². The normalized spacial score (nSPS) is 12.9. The van der Waals surface area contributed by atoms with Crippen LogP contribution in [0.2, 0.25) is 0 Å². The van der Waals surface area contributed by atoms with Crippen LogP contribution in [-0.2, 0) is 4.79 Å². The molecule has 6 heteroatoms. The quantitative estimate of drug-likeness (QED) is 0.618. The van der Waals surface area contributed by atoms with E-state index in [1.54, 1.807) is 24.3 Å². The number of rotatable bonds is 7. The van der Waals surface area contributed by atoms with E-state index in [4.69, 9.17) is 4.74 Å². The van der Waals surface area contributed by atoms with Crippen molar-refractivity contribution in [3.05, 3.63) is 65.7 Å². The Morgan fingerprint density at radius 1 is 0.920 bits per heavy atom. The van der Waals surface area contributed by atoms with Gasteiger partial charge < -0.3 is 10.1 Å². The highest BCUT2D eigenvalue weighted by Gasteiger charge is 2.34. The lowest BCUT2D eigenvalue weighted by molar-refractivity contribution is -0.121. The van der Waals surface area contributed by atoms with E-state index < -0.39 is 0 Å². The fraction of sp³-hybridized carbons (Fsp3) is 0.211. The van der Waals surface area contributed by atoms with Crippen LogP contribution < -0.4 is 10.1 Å². The van der Waals surface area contributed by atoms with Crippen molar-refractivity contribution >= 4 is 17.7 Å². The molecule has 3 amide bonds. The van der Waals surface area contributed by atoms with Crippen molar-refractivity contribution < 1.29 is 19.1 Å². The monoisotopic (exact) mass is 338 g/mol. The number of para-hydroxylation sites is 1. The lowest BCUT2D eigenvalue weighted by Gasteiger charge is -2.13. The van der Waals surface area contributed by atoms with E-state index in [0.717, 1.165) is 10.6 Å². The zero-order chi connectivity index (χ0) is 17.6. The molecule has 2 aromatic carbocycles. The van der Waals surface area contributed by atoms with Gasteiger partial charge in [-0.2, -0.15) is 0 Å². The predicted octanol–water partition coefficient (Wildman–Crippen LogP) is 1.87. The minimum absolute atomic E-state index is 0.0663. The molecule has 2 aromatic rings. The van der Waals surface area contributed by atoms with E-state index in [-0.39, 0.29) is 30.7 Å². The fourth-order valence-electron chi connectivity index (χ4n) is 2.62. The Kier molecular flexibility index (Phi) is 5.09. The van der Waals surface area contributed by atoms with Crippen molar-refractivity contribution in [2.45, 2.75) is 6.42 Å². The largest absolute Gasteiger partial charge is 0.492 e. The van der Waals surface area contributed by atoms with Crippen LogP contribution >= 0.6 is 0 Å². The molecule has 3 rings (SSSR count). The fourth-order valence-corrected chi connectivity index (χ4v) is 2.62. The SMILES string of the molecule is O=C(CCN1C(=O)c2ccccc2C1=O)NCCOc1ccccc1. The number of nitrogens with one attached hydrogen (secondary N) is 1. The summed E-state index contributed by atoms with van der Waals surface area (Å²) in [5.74, 6) is -0.183. The van der Waals surface area contributed by atoms with Gasteiger partial charge in [0.05, 0.1) is 17.7 Å². The lowest BCUT2D eigenvalue weighted by atomic mass is 10.1. The number of hydrogen-bond donors (Lipinski definition) is 1. The number of carbonyl (C=O) groups excluding carboxylic acids is 3. The third kappa shape index (κ3) is 3.85. The van der Waals surface area contributed by atoms with Gasteiger partial charge in [-0.25, -0.2) is 0 Å². The standard InChI is InChI=1S/C19H18N2O4/c22-17(20-11-13-25-14-6-2-1-3-7-14)10-12-21-18(23)15-8-4-5-9-16(15)19(21)24/h1-9H,10-13H2,(H,20,22). The van der Waals surface area contributed by atoms with Crippen LogP contribution in [0.4, 0.5) is 0 Å². The van der Waals surface area contributed by atoms with E-state index in [0.29, 0.717) is 24.3 Å². The maximum atomic E-state index is 12.2. The van der Waals surface area contributed by atoms with Gasteiger partial charge in [-0.05, 0) is 24.3 Å².